The predicted octanol–water partition coefficient (Wildman–Crippen LogP) is 5.92. The number of carbonyl (C=O) groups excluding carboxylic acids is 2. The molecule has 1 unspecified atom stereocenters. The van der Waals surface area contributed by atoms with E-state index in [1.807, 2.05) is 6.07 Å². The van der Waals surface area contributed by atoms with Gasteiger partial charge in [0.05, 0.1) is 26.9 Å². The van der Waals surface area contributed by atoms with Crippen LogP contribution in [0.25, 0.3) is 16.0 Å². The molecule has 0 aliphatic carbocycles. The van der Waals surface area contributed by atoms with E-state index in [4.69, 9.17) is 16.0 Å². The summed E-state index contributed by atoms with van der Waals surface area (Å²) in [4.78, 5) is 32.1. The number of nitrogens with zero attached hydrogens (tertiary/aromatic N) is 2. The summed E-state index contributed by atoms with van der Waals surface area (Å²) in [6.45, 7) is 3.37. The normalized spacial score (nSPS) is 17.9. The number of aromatic nitrogens is 1. The van der Waals surface area contributed by atoms with Crippen molar-refractivity contribution in [2.75, 3.05) is 4.90 Å². The zero-order valence-electron chi connectivity index (χ0n) is 17.4. The van der Waals surface area contributed by atoms with Gasteiger partial charge < -0.3 is 9.52 Å². The molecule has 1 fully saturated rings. The maximum Gasteiger partial charge on any atom is 0.301 e. The Balaban J connectivity index is 1.76. The number of fused-ring (bicyclic) bond motifs is 1. The fourth-order valence-corrected chi connectivity index (χ4v) is 5.30. The highest BCUT2D eigenvalue weighted by atomic mass is 35.5. The van der Waals surface area contributed by atoms with Crippen LogP contribution in [0.15, 0.2) is 58.5 Å². The molecule has 0 saturated carbocycles. The van der Waals surface area contributed by atoms with Crippen molar-refractivity contribution in [1.82, 2.24) is 4.98 Å². The molecule has 9 heteroatoms. The fourth-order valence-electron chi connectivity index (χ4n) is 4.01. The molecule has 5 rings (SSSR count). The van der Waals surface area contributed by atoms with Gasteiger partial charge in [-0.2, -0.15) is 0 Å². The SMILES string of the molecule is Cc1cc(C(O)=C2C(=O)C(=O)N(c3nc4c(Cl)cccc4s3)C2c2ccc(F)cc2)c(C)o1. The van der Waals surface area contributed by atoms with Crippen LogP contribution in [-0.2, 0) is 9.59 Å². The van der Waals surface area contributed by atoms with Gasteiger partial charge in [0.1, 0.15) is 28.6 Å². The average molecular weight is 483 g/mol. The van der Waals surface area contributed by atoms with Crippen molar-refractivity contribution >= 4 is 55.7 Å². The second-order valence-electron chi connectivity index (χ2n) is 7.63. The average Bonchev–Trinajstić information content (AvgIpc) is 3.43. The Labute approximate surface area is 196 Å². The van der Waals surface area contributed by atoms with Gasteiger partial charge in [-0.05, 0) is 49.7 Å². The van der Waals surface area contributed by atoms with Gasteiger partial charge in [0.15, 0.2) is 5.13 Å². The topological polar surface area (TPSA) is 83.6 Å². The number of para-hydroxylation sites is 1. The van der Waals surface area contributed by atoms with Crippen molar-refractivity contribution < 1.29 is 23.5 Å². The van der Waals surface area contributed by atoms with Crippen molar-refractivity contribution in [3.63, 3.8) is 0 Å². The van der Waals surface area contributed by atoms with E-state index >= 15 is 0 Å². The van der Waals surface area contributed by atoms with E-state index in [0.29, 0.717) is 33.2 Å². The lowest BCUT2D eigenvalue weighted by molar-refractivity contribution is -0.132. The van der Waals surface area contributed by atoms with Crippen LogP contribution in [0, 0.1) is 19.7 Å². The Morgan fingerprint density at radius 2 is 1.91 bits per heavy atom. The molecule has 33 heavy (non-hydrogen) atoms. The first-order chi connectivity index (χ1) is 15.8. The molecule has 0 spiro atoms. The minimum absolute atomic E-state index is 0.124. The molecule has 1 atom stereocenters. The summed E-state index contributed by atoms with van der Waals surface area (Å²) in [5, 5.41) is 11.8. The maximum absolute atomic E-state index is 13.7. The number of aryl methyl sites for hydroxylation is 2. The third kappa shape index (κ3) is 3.42. The van der Waals surface area contributed by atoms with Crippen LogP contribution in [0.1, 0.15) is 28.7 Å². The van der Waals surface area contributed by atoms with E-state index < -0.39 is 23.5 Å². The van der Waals surface area contributed by atoms with E-state index in [0.717, 1.165) is 4.70 Å². The highest BCUT2D eigenvalue weighted by Gasteiger charge is 2.48. The zero-order chi connectivity index (χ0) is 23.4. The number of hydrogen-bond donors (Lipinski definition) is 1. The summed E-state index contributed by atoms with van der Waals surface area (Å²) in [6.07, 6.45) is 0. The standard InChI is InChI=1S/C24H16ClFN2O4S/c1-11-10-15(12(2)32-11)21(29)18-20(13-6-8-14(26)9-7-13)28(23(31)22(18)30)24-27-19-16(25)4-3-5-17(19)33-24/h3-10,20,29H,1-2H3. The van der Waals surface area contributed by atoms with E-state index in [2.05, 4.69) is 4.98 Å². The molecule has 1 aliphatic heterocycles. The Kier molecular flexibility index (Phi) is 5.07. The minimum Gasteiger partial charge on any atom is -0.507 e. The molecule has 3 heterocycles. The number of anilines is 1. The molecule has 1 saturated heterocycles. The van der Waals surface area contributed by atoms with Crippen LogP contribution in [0.5, 0.6) is 0 Å². The first kappa shape index (κ1) is 21.4. The number of rotatable bonds is 3. The van der Waals surface area contributed by atoms with Gasteiger partial charge in [0.2, 0.25) is 0 Å². The molecule has 0 bridgehead atoms. The molecule has 0 radical (unpaired) electrons. The summed E-state index contributed by atoms with van der Waals surface area (Å²) in [7, 11) is 0. The van der Waals surface area contributed by atoms with Crippen molar-refractivity contribution in [1.29, 1.82) is 0 Å². The highest BCUT2D eigenvalue weighted by Crippen LogP contribution is 2.45. The Morgan fingerprint density at radius 3 is 2.55 bits per heavy atom. The number of furan rings is 1. The van der Waals surface area contributed by atoms with Crippen LogP contribution in [-0.4, -0.2) is 21.8 Å². The van der Waals surface area contributed by atoms with Gasteiger partial charge in [0.25, 0.3) is 5.78 Å². The third-order valence-corrected chi connectivity index (χ3v) is 6.82. The van der Waals surface area contributed by atoms with Gasteiger partial charge >= 0.3 is 5.91 Å². The zero-order valence-corrected chi connectivity index (χ0v) is 19.0. The summed E-state index contributed by atoms with van der Waals surface area (Å²) in [5.41, 5.74) is 1.13. The van der Waals surface area contributed by atoms with Gasteiger partial charge in [-0.15, -0.1) is 0 Å². The lowest BCUT2D eigenvalue weighted by Crippen LogP contribution is -2.29. The molecular weight excluding hydrogens is 467 g/mol. The molecule has 166 valence electrons. The van der Waals surface area contributed by atoms with Crippen molar-refractivity contribution in [3.05, 3.63) is 87.6 Å². The number of aliphatic hydroxyl groups is 1. The van der Waals surface area contributed by atoms with Crippen molar-refractivity contribution in [2.45, 2.75) is 19.9 Å². The number of amides is 1. The van der Waals surface area contributed by atoms with E-state index in [1.165, 1.54) is 40.5 Å². The molecule has 4 aromatic rings. The van der Waals surface area contributed by atoms with Crippen molar-refractivity contribution in [3.8, 4) is 0 Å². The number of halogens is 2. The monoisotopic (exact) mass is 482 g/mol. The summed E-state index contributed by atoms with van der Waals surface area (Å²) < 4.78 is 19.9. The number of carbonyl (C=O) groups is 2. The van der Waals surface area contributed by atoms with Gasteiger partial charge in [-0.3, -0.25) is 14.5 Å². The number of Topliss-reactive ketones (excluding diaryl/α,β-unsaturated/α-hetero) is 1. The van der Waals surface area contributed by atoms with E-state index in [-0.39, 0.29) is 16.5 Å². The summed E-state index contributed by atoms with van der Waals surface area (Å²) in [5.74, 6) is -1.60. The van der Waals surface area contributed by atoms with Crippen LogP contribution < -0.4 is 4.90 Å². The summed E-state index contributed by atoms with van der Waals surface area (Å²) in [6, 6.07) is 11.3. The maximum atomic E-state index is 13.7. The predicted molar refractivity (Wildman–Crippen MR) is 124 cm³/mol. The number of hydrogen-bond acceptors (Lipinski definition) is 6. The van der Waals surface area contributed by atoms with E-state index in [1.54, 1.807) is 32.0 Å². The first-order valence-corrected chi connectivity index (χ1v) is 11.1. The highest BCUT2D eigenvalue weighted by molar-refractivity contribution is 7.22. The molecule has 2 aromatic heterocycles. The molecule has 1 aliphatic rings. The molecule has 1 amide bonds. The minimum atomic E-state index is -1.01. The molecule has 2 aromatic carbocycles. The molecule has 6 nitrogen and oxygen atoms in total. The second-order valence-corrected chi connectivity index (χ2v) is 9.05. The van der Waals surface area contributed by atoms with Crippen LogP contribution in [0.2, 0.25) is 5.02 Å². The lowest BCUT2D eigenvalue weighted by Gasteiger charge is -2.22. The number of benzene rings is 2. The largest absolute Gasteiger partial charge is 0.507 e. The Morgan fingerprint density at radius 1 is 1.18 bits per heavy atom. The Bertz CT molecular complexity index is 1470. The fraction of sp³-hybridized carbons (Fsp3) is 0.125. The smallest absolute Gasteiger partial charge is 0.301 e. The number of ketones is 1. The van der Waals surface area contributed by atoms with Crippen LogP contribution in [0.3, 0.4) is 0 Å². The Hall–Kier alpha value is -3.49. The third-order valence-electron chi connectivity index (χ3n) is 5.49. The number of thiazole rings is 1. The molecule has 1 N–H and O–H groups in total. The van der Waals surface area contributed by atoms with Crippen molar-refractivity contribution in [2.24, 2.45) is 0 Å². The number of aliphatic hydroxyl groups excluding tert-OH is 1. The first-order valence-electron chi connectivity index (χ1n) is 9.95. The molecular formula is C24H16ClFN2O4S. The lowest BCUT2D eigenvalue weighted by atomic mass is 9.95. The van der Waals surface area contributed by atoms with Gasteiger partial charge in [0, 0.05) is 0 Å². The van der Waals surface area contributed by atoms with E-state index in [9.17, 15) is 19.1 Å². The van der Waals surface area contributed by atoms with Gasteiger partial charge in [-0.25, -0.2) is 9.37 Å². The quantitative estimate of drug-likeness (QED) is 0.222. The second kappa shape index (κ2) is 7.83. The van der Waals surface area contributed by atoms with Crippen LogP contribution in [0.4, 0.5) is 9.52 Å². The van der Waals surface area contributed by atoms with Crippen LogP contribution >= 0.6 is 22.9 Å². The summed E-state index contributed by atoms with van der Waals surface area (Å²) >= 11 is 7.46. The van der Waals surface area contributed by atoms with Gasteiger partial charge in [-0.1, -0.05) is 41.1 Å².